The Hall–Kier alpha value is -2.88. The molecule has 4 nitrogen and oxygen atoms in total. The lowest BCUT2D eigenvalue weighted by atomic mass is 10.0. The second-order valence-electron chi connectivity index (χ2n) is 6.21. The highest BCUT2D eigenvalue weighted by atomic mass is 16.2. The van der Waals surface area contributed by atoms with Crippen LogP contribution in [0.2, 0.25) is 0 Å². The van der Waals surface area contributed by atoms with Crippen LogP contribution in [-0.4, -0.2) is 18.4 Å². The Bertz CT molecular complexity index is 822. The highest BCUT2D eigenvalue weighted by Gasteiger charge is 2.22. The van der Waals surface area contributed by atoms with Crippen molar-refractivity contribution in [2.45, 2.75) is 26.7 Å². The molecule has 1 N–H and O–H groups in total. The third-order valence-electron chi connectivity index (χ3n) is 4.37. The van der Waals surface area contributed by atoms with E-state index in [2.05, 4.69) is 5.32 Å². The van der Waals surface area contributed by atoms with Gasteiger partial charge in [0, 0.05) is 30.4 Å². The summed E-state index contributed by atoms with van der Waals surface area (Å²) < 4.78 is 0. The summed E-state index contributed by atoms with van der Waals surface area (Å²) in [5.74, 6) is -0.00687. The van der Waals surface area contributed by atoms with Crippen LogP contribution in [0.15, 0.2) is 48.5 Å². The van der Waals surface area contributed by atoms with Gasteiger partial charge in [-0.15, -0.1) is 0 Å². The lowest BCUT2D eigenvalue weighted by Gasteiger charge is -2.28. The van der Waals surface area contributed by atoms with Gasteiger partial charge in [-0.05, 0) is 55.7 Å². The molecule has 2 aromatic rings. The number of aryl methyl sites for hydroxylation is 2. The van der Waals surface area contributed by atoms with Gasteiger partial charge in [0.2, 0.25) is 11.8 Å². The standard InChI is InChI=1S/C21H22N2O2/c1-3-23-19-11-10-18(14-17(19)9-13-21(23)25)22-20(24)12-8-16-6-4-15(2)5-7-16/h4-8,10-12,14H,3,9,13H2,1-2H3,(H,22,24)/b12-8+. The van der Waals surface area contributed by atoms with Crippen molar-refractivity contribution in [2.24, 2.45) is 0 Å². The molecule has 0 atom stereocenters. The number of hydrogen-bond acceptors (Lipinski definition) is 2. The molecule has 0 saturated heterocycles. The number of nitrogens with zero attached hydrogens (tertiary/aromatic N) is 1. The molecule has 1 heterocycles. The number of benzene rings is 2. The zero-order valence-corrected chi connectivity index (χ0v) is 14.6. The number of hydrogen-bond donors (Lipinski definition) is 1. The first-order chi connectivity index (χ1) is 12.1. The molecule has 25 heavy (non-hydrogen) atoms. The molecule has 128 valence electrons. The number of amides is 2. The summed E-state index contributed by atoms with van der Waals surface area (Å²) in [4.78, 5) is 25.9. The Balaban J connectivity index is 1.70. The SMILES string of the molecule is CCN1C(=O)CCc2cc(NC(=O)/C=C/c3ccc(C)cc3)ccc21. The molecule has 2 amide bonds. The molecule has 0 saturated carbocycles. The van der Waals surface area contributed by atoms with Gasteiger partial charge < -0.3 is 10.2 Å². The molecule has 4 heteroatoms. The summed E-state index contributed by atoms with van der Waals surface area (Å²) in [7, 11) is 0. The topological polar surface area (TPSA) is 49.4 Å². The van der Waals surface area contributed by atoms with Gasteiger partial charge in [0.05, 0.1) is 0 Å². The van der Waals surface area contributed by atoms with Crippen molar-refractivity contribution < 1.29 is 9.59 Å². The van der Waals surface area contributed by atoms with Gasteiger partial charge in [0.15, 0.2) is 0 Å². The first-order valence-electron chi connectivity index (χ1n) is 8.56. The smallest absolute Gasteiger partial charge is 0.248 e. The van der Waals surface area contributed by atoms with Crippen LogP contribution in [0.1, 0.15) is 30.0 Å². The van der Waals surface area contributed by atoms with E-state index in [1.807, 2.05) is 56.3 Å². The van der Waals surface area contributed by atoms with Crippen molar-refractivity contribution in [3.8, 4) is 0 Å². The zero-order chi connectivity index (χ0) is 17.8. The maximum atomic E-state index is 12.1. The molecule has 0 radical (unpaired) electrons. The Labute approximate surface area is 148 Å². The Morgan fingerprint density at radius 3 is 2.64 bits per heavy atom. The maximum Gasteiger partial charge on any atom is 0.248 e. The van der Waals surface area contributed by atoms with E-state index in [0.29, 0.717) is 19.4 Å². The monoisotopic (exact) mass is 334 g/mol. The van der Waals surface area contributed by atoms with Gasteiger partial charge in [-0.2, -0.15) is 0 Å². The fourth-order valence-corrected chi connectivity index (χ4v) is 3.02. The van der Waals surface area contributed by atoms with Crippen molar-refractivity contribution >= 4 is 29.3 Å². The fraction of sp³-hybridized carbons (Fsp3) is 0.238. The van der Waals surface area contributed by atoms with Gasteiger partial charge >= 0.3 is 0 Å². The normalized spacial score (nSPS) is 13.8. The van der Waals surface area contributed by atoms with E-state index in [-0.39, 0.29) is 11.8 Å². The molecule has 2 aromatic carbocycles. The summed E-state index contributed by atoms with van der Waals surface area (Å²) in [6.07, 6.45) is 4.57. The van der Waals surface area contributed by atoms with Crippen molar-refractivity contribution in [1.29, 1.82) is 0 Å². The Morgan fingerprint density at radius 1 is 1.16 bits per heavy atom. The van der Waals surface area contributed by atoms with E-state index in [1.54, 1.807) is 11.0 Å². The van der Waals surface area contributed by atoms with Crippen LogP contribution in [0.4, 0.5) is 11.4 Å². The summed E-state index contributed by atoms with van der Waals surface area (Å²) in [6.45, 7) is 4.67. The molecule has 0 fully saturated rings. The zero-order valence-electron chi connectivity index (χ0n) is 14.6. The van der Waals surface area contributed by atoms with Gasteiger partial charge in [0.25, 0.3) is 0 Å². The van der Waals surface area contributed by atoms with Crippen molar-refractivity contribution in [3.05, 3.63) is 65.2 Å². The summed E-state index contributed by atoms with van der Waals surface area (Å²) in [5, 5.41) is 2.89. The summed E-state index contributed by atoms with van der Waals surface area (Å²) in [5.41, 5.74) is 4.98. The minimum absolute atomic E-state index is 0.160. The van der Waals surface area contributed by atoms with Crippen LogP contribution in [-0.2, 0) is 16.0 Å². The van der Waals surface area contributed by atoms with E-state index in [1.165, 1.54) is 11.6 Å². The maximum absolute atomic E-state index is 12.1. The third kappa shape index (κ3) is 3.97. The molecule has 0 aliphatic carbocycles. The van der Waals surface area contributed by atoms with Gasteiger partial charge in [-0.1, -0.05) is 29.8 Å². The first kappa shape index (κ1) is 17.0. The third-order valence-corrected chi connectivity index (χ3v) is 4.37. The molecular weight excluding hydrogens is 312 g/mol. The minimum atomic E-state index is -0.167. The van der Waals surface area contributed by atoms with Gasteiger partial charge in [0.1, 0.15) is 0 Å². The average molecular weight is 334 g/mol. The lowest BCUT2D eigenvalue weighted by Crippen LogP contribution is -2.34. The van der Waals surface area contributed by atoms with Gasteiger partial charge in [-0.3, -0.25) is 9.59 Å². The van der Waals surface area contributed by atoms with E-state index in [4.69, 9.17) is 0 Å². The largest absolute Gasteiger partial charge is 0.323 e. The van der Waals surface area contributed by atoms with Crippen LogP contribution in [0.25, 0.3) is 6.08 Å². The molecule has 0 spiro atoms. The first-order valence-corrected chi connectivity index (χ1v) is 8.56. The molecule has 0 aromatic heterocycles. The van der Waals surface area contributed by atoms with Gasteiger partial charge in [-0.25, -0.2) is 0 Å². The number of carbonyl (C=O) groups excluding carboxylic acids is 2. The lowest BCUT2D eigenvalue weighted by molar-refractivity contribution is -0.118. The second-order valence-corrected chi connectivity index (χ2v) is 6.21. The number of fused-ring (bicyclic) bond motifs is 1. The highest BCUT2D eigenvalue weighted by Crippen LogP contribution is 2.30. The van der Waals surface area contributed by atoms with Crippen LogP contribution >= 0.6 is 0 Å². The van der Waals surface area contributed by atoms with Crippen LogP contribution < -0.4 is 10.2 Å². The predicted octanol–water partition coefficient (Wildman–Crippen LogP) is 3.95. The number of rotatable bonds is 4. The van der Waals surface area contributed by atoms with E-state index >= 15 is 0 Å². The Morgan fingerprint density at radius 2 is 1.92 bits per heavy atom. The molecule has 3 rings (SSSR count). The molecule has 0 unspecified atom stereocenters. The van der Waals surface area contributed by atoms with Crippen LogP contribution in [0, 0.1) is 6.92 Å². The quantitative estimate of drug-likeness (QED) is 0.861. The molecule has 1 aliphatic rings. The minimum Gasteiger partial charge on any atom is -0.323 e. The fourth-order valence-electron chi connectivity index (χ4n) is 3.02. The summed E-state index contributed by atoms with van der Waals surface area (Å²) >= 11 is 0. The predicted molar refractivity (Wildman–Crippen MR) is 102 cm³/mol. The average Bonchev–Trinajstić information content (AvgIpc) is 2.61. The highest BCUT2D eigenvalue weighted by molar-refractivity contribution is 6.02. The number of nitrogens with one attached hydrogen (secondary N) is 1. The van der Waals surface area contributed by atoms with Crippen LogP contribution in [0.3, 0.4) is 0 Å². The van der Waals surface area contributed by atoms with E-state index in [0.717, 1.165) is 22.5 Å². The Kier molecular flexibility index (Phi) is 4.98. The van der Waals surface area contributed by atoms with Crippen LogP contribution in [0.5, 0.6) is 0 Å². The number of anilines is 2. The van der Waals surface area contributed by atoms with Crippen molar-refractivity contribution in [1.82, 2.24) is 0 Å². The molecule has 1 aliphatic heterocycles. The van der Waals surface area contributed by atoms with Crippen molar-refractivity contribution in [3.63, 3.8) is 0 Å². The molecule has 0 bridgehead atoms. The number of carbonyl (C=O) groups is 2. The van der Waals surface area contributed by atoms with E-state index in [9.17, 15) is 9.59 Å². The second kappa shape index (κ2) is 7.34. The van der Waals surface area contributed by atoms with E-state index < -0.39 is 0 Å². The van der Waals surface area contributed by atoms with Crippen molar-refractivity contribution in [2.75, 3.05) is 16.8 Å². The molecular formula is C21H22N2O2. The summed E-state index contributed by atoms with van der Waals surface area (Å²) in [6, 6.07) is 13.7.